The molecule has 1 amide bonds. The summed E-state index contributed by atoms with van der Waals surface area (Å²) in [6.07, 6.45) is -3.02. The first-order chi connectivity index (χ1) is 14.4. The number of pyridine rings is 1. The van der Waals surface area contributed by atoms with Gasteiger partial charge in [-0.25, -0.2) is 0 Å². The number of nitrogens with zero attached hydrogens (tertiary/aromatic N) is 3. The van der Waals surface area contributed by atoms with Crippen molar-refractivity contribution in [3.05, 3.63) is 71.2 Å². The van der Waals surface area contributed by atoms with Crippen molar-refractivity contribution in [2.45, 2.75) is 32.0 Å². The predicted molar refractivity (Wildman–Crippen MR) is 105 cm³/mol. The fourth-order valence-electron chi connectivity index (χ4n) is 2.94. The molecule has 0 saturated carbocycles. The maximum atomic E-state index is 13.4. The quantitative estimate of drug-likeness (QED) is 0.544. The number of hydrogen-bond donors (Lipinski definition) is 1. The molecule has 0 fully saturated rings. The van der Waals surface area contributed by atoms with Crippen molar-refractivity contribution < 1.29 is 28.2 Å². The van der Waals surface area contributed by atoms with Gasteiger partial charge in [-0.05, 0) is 36.8 Å². The molecule has 0 aliphatic carbocycles. The summed E-state index contributed by atoms with van der Waals surface area (Å²) < 4.78 is 66.6. The van der Waals surface area contributed by atoms with Crippen molar-refractivity contribution in [2.75, 3.05) is 0 Å². The van der Waals surface area contributed by atoms with Crippen LogP contribution < -0.4 is 5.32 Å². The average Bonchev–Trinajstić information content (AvgIpc) is 3.10. The van der Waals surface area contributed by atoms with E-state index in [9.17, 15) is 26.7 Å². The van der Waals surface area contributed by atoms with Gasteiger partial charge in [0.2, 0.25) is 0 Å². The van der Waals surface area contributed by atoms with Crippen molar-refractivity contribution in [1.29, 1.82) is 0 Å². The third-order valence-electron chi connectivity index (χ3n) is 4.68. The summed E-state index contributed by atoms with van der Waals surface area (Å²) in [5.74, 6) is -3.77. The first-order valence-corrected chi connectivity index (χ1v) is 9.23. The summed E-state index contributed by atoms with van der Waals surface area (Å²) in [6, 6.07) is 8.48. The topological polar surface area (TPSA) is 59.8 Å². The minimum absolute atomic E-state index is 0. The summed E-state index contributed by atoms with van der Waals surface area (Å²) in [5, 5.41) is 6.34. The summed E-state index contributed by atoms with van der Waals surface area (Å²) in [4.78, 5) is 16.7. The normalized spacial score (nSPS) is 13.2. The van der Waals surface area contributed by atoms with Crippen LogP contribution in [0.2, 0.25) is 0 Å². The van der Waals surface area contributed by atoms with Crippen molar-refractivity contribution in [3.63, 3.8) is 0 Å². The van der Waals surface area contributed by atoms with Gasteiger partial charge in [0.15, 0.2) is 0 Å². The highest BCUT2D eigenvalue weighted by molar-refractivity contribution is 5.93. The summed E-state index contributed by atoms with van der Waals surface area (Å²) in [7, 11) is 1.39. The number of aromatic nitrogens is 3. The van der Waals surface area contributed by atoms with Crippen LogP contribution in [0, 0.1) is 0 Å². The van der Waals surface area contributed by atoms with Crippen molar-refractivity contribution >= 4 is 5.91 Å². The molecular formula is C21H21F5N4O. The van der Waals surface area contributed by atoms with Crippen molar-refractivity contribution in [2.24, 2.45) is 7.05 Å². The van der Waals surface area contributed by atoms with Crippen LogP contribution in [0.25, 0.3) is 11.3 Å². The second-order valence-electron chi connectivity index (χ2n) is 7.18. The number of amides is 1. The molecule has 166 valence electrons. The van der Waals surface area contributed by atoms with Gasteiger partial charge in [0, 0.05) is 27.2 Å². The van der Waals surface area contributed by atoms with Crippen LogP contribution in [-0.4, -0.2) is 20.7 Å². The Morgan fingerprint density at radius 3 is 2.39 bits per heavy atom. The van der Waals surface area contributed by atoms with Crippen LogP contribution in [0.3, 0.4) is 0 Å². The molecule has 0 unspecified atom stereocenters. The van der Waals surface area contributed by atoms with Crippen LogP contribution in [0.5, 0.6) is 0 Å². The molecule has 0 spiro atoms. The Morgan fingerprint density at radius 2 is 1.84 bits per heavy atom. The Balaban J connectivity index is 0.00000363. The second kappa shape index (κ2) is 8.09. The number of alkyl halides is 5. The van der Waals surface area contributed by atoms with Crippen LogP contribution in [0.15, 0.2) is 48.7 Å². The van der Waals surface area contributed by atoms with E-state index in [4.69, 9.17) is 0 Å². The number of halogens is 5. The molecule has 1 N–H and O–H groups in total. The Labute approximate surface area is 176 Å². The Morgan fingerprint density at radius 1 is 1.13 bits per heavy atom. The smallest absolute Gasteiger partial charge is 0.344 e. The number of aryl methyl sites for hydroxylation is 1. The lowest BCUT2D eigenvalue weighted by molar-refractivity contribution is -0.137. The van der Waals surface area contributed by atoms with E-state index in [1.165, 1.54) is 25.4 Å². The van der Waals surface area contributed by atoms with Gasteiger partial charge in [0.1, 0.15) is 11.4 Å². The van der Waals surface area contributed by atoms with Gasteiger partial charge in [-0.1, -0.05) is 18.2 Å². The Kier molecular flexibility index (Phi) is 5.84. The molecule has 0 aliphatic rings. The maximum Gasteiger partial charge on any atom is 0.416 e. The lowest BCUT2D eigenvalue weighted by Crippen LogP contribution is -2.28. The van der Waals surface area contributed by atoms with Gasteiger partial charge in [-0.15, -0.1) is 0 Å². The zero-order chi connectivity index (χ0) is 23.0. The average molecular weight is 440 g/mol. The van der Waals surface area contributed by atoms with Crippen LogP contribution in [0.1, 0.15) is 48.6 Å². The van der Waals surface area contributed by atoms with E-state index in [-0.39, 0.29) is 7.12 Å². The lowest BCUT2D eigenvalue weighted by atomic mass is 10.1. The Bertz CT molecular complexity index is 1090. The first-order valence-electron chi connectivity index (χ1n) is 9.23. The van der Waals surface area contributed by atoms with Gasteiger partial charge in [0.05, 0.1) is 17.3 Å². The molecule has 0 saturated heterocycles. The van der Waals surface area contributed by atoms with Gasteiger partial charge in [-0.3, -0.25) is 14.5 Å². The van der Waals surface area contributed by atoms with E-state index in [0.717, 1.165) is 22.9 Å². The highest BCUT2D eigenvalue weighted by Crippen LogP contribution is 2.32. The molecule has 2 aromatic heterocycles. The monoisotopic (exact) mass is 440 g/mol. The maximum absolute atomic E-state index is 13.4. The minimum Gasteiger partial charge on any atom is -0.344 e. The molecule has 0 radical (unpaired) electrons. The van der Waals surface area contributed by atoms with Gasteiger partial charge in [0.25, 0.3) is 11.8 Å². The van der Waals surface area contributed by atoms with E-state index in [1.807, 2.05) is 0 Å². The van der Waals surface area contributed by atoms with Crippen LogP contribution in [0.4, 0.5) is 22.0 Å². The molecule has 3 rings (SSSR count). The van der Waals surface area contributed by atoms with Gasteiger partial charge in [-0.2, -0.15) is 27.1 Å². The number of rotatable bonds is 5. The Hall–Kier alpha value is -3.30. The lowest BCUT2D eigenvalue weighted by Gasteiger charge is -2.15. The molecular weight excluding hydrogens is 419 g/mol. The number of nitrogens with one attached hydrogen (secondary N) is 1. The van der Waals surface area contributed by atoms with E-state index in [1.54, 1.807) is 19.1 Å². The molecule has 1 aromatic carbocycles. The predicted octanol–water partition coefficient (Wildman–Crippen LogP) is 5.35. The third kappa shape index (κ3) is 5.07. The summed E-state index contributed by atoms with van der Waals surface area (Å²) in [6.45, 7) is 2.36. The fourth-order valence-corrected chi connectivity index (χ4v) is 2.94. The molecule has 3 aromatic rings. The number of carbonyl (C=O) groups excluding carboxylic acids is 1. The fraction of sp³-hybridized carbons (Fsp3) is 0.286. The summed E-state index contributed by atoms with van der Waals surface area (Å²) >= 11 is 0. The zero-order valence-corrected chi connectivity index (χ0v) is 16.8. The van der Waals surface area contributed by atoms with Crippen molar-refractivity contribution in [3.8, 4) is 11.3 Å². The highest BCUT2D eigenvalue weighted by atomic mass is 19.4. The second-order valence-corrected chi connectivity index (χ2v) is 7.18. The number of carbonyl (C=O) groups is 1. The highest BCUT2D eigenvalue weighted by Gasteiger charge is 2.31. The van der Waals surface area contributed by atoms with E-state index in [0.29, 0.717) is 23.7 Å². The molecule has 5 nitrogen and oxygen atoms in total. The number of benzene rings is 1. The van der Waals surface area contributed by atoms with Crippen LogP contribution in [-0.2, 0) is 19.1 Å². The van der Waals surface area contributed by atoms with Gasteiger partial charge >= 0.3 is 6.18 Å². The molecule has 31 heavy (non-hydrogen) atoms. The molecule has 10 heteroatoms. The van der Waals surface area contributed by atoms with E-state index >= 15 is 0 Å². The minimum atomic E-state index is -4.46. The van der Waals surface area contributed by atoms with Crippen LogP contribution >= 0.6 is 0 Å². The summed E-state index contributed by atoms with van der Waals surface area (Å²) in [5.41, 5.74) is -0.0790. The molecule has 0 bridgehead atoms. The molecule has 2 heterocycles. The molecule has 0 aliphatic heterocycles. The van der Waals surface area contributed by atoms with Crippen molar-refractivity contribution in [1.82, 2.24) is 20.1 Å². The molecule has 1 atom stereocenters. The van der Waals surface area contributed by atoms with E-state index < -0.39 is 35.3 Å². The standard InChI is InChI=1S/C21H19F5N4O.H2/c1-12(28-19(31)17-10-18(20(2,22)23)29-30(17)3)14-7-8-16(27-11-14)13-5-4-6-15(9-13)21(24,25)26;/h4-12H,1-3H3,(H,28,31);1H/t12-;/m0./s1. The SMILES string of the molecule is C[C@H](NC(=O)c1cc(C(C)(F)F)nn1C)c1ccc(-c2cccc(C(F)(F)F)c2)nc1.[HH]. The van der Waals surface area contributed by atoms with E-state index in [2.05, 4.69) is 15.4 Å². The largest absolute Gasteiger partial charge is 0.416 e. The zero-order valence-electron chi connectivity index (χ0n) is 16.8. The van der Waals surface area contributed by atoms with Gasteiger partial charge < -0.3 is 5.32 Å². The third-order valence-corrected chi connectivity index (χ3v) is 4.68. The number of hydrogen-bond acceptors (Lipinski definition) is 3. The first kappa shape index (κ1) is 22.4.